The summed E-state index contributed by atoms with van der Waals surface area (Å²) in [6.07, 6.45) is 5.09. The second kappa shape index (κ2) is 7.26. The van der Waals surface area contributed by atoms with Crippen LogP contribution in [0.4, 0.5) is 0 Å². The van der Waals surface area contributed by atoms with E-state index in [1.807, 2.05) is 19.9 Å². The van der Waals surface area contributed by atoms with Crippen molar-refractivity contribution in [2.24, 2.45) is 21.6 Å². The first-order chi connectivity index (χ1) is 13.1. The van der Waals surface area contributed by atoms with Crippen molar-refractivity contribution in [1.29, 1.82) is 10.5 Å². The van der Waals surface area contributed by atoms with Gasteiger partial charge >= 0.3 is 0 Å². The number of pyridine rings is 1. The van der Waals surface area contributed by atoms with Crippen molar-refractivity contribution in [3.05, 3.63) is 30.1 Å². The second-order valence-corrected chi connectivity index (χ2v) is 7.01. The van der Waals surface area contributed by atoms with E-state index in [-0.39, 0.29) is 5.84 Å². The molecule has 2 heterocycles. The molecular formula is C20H25N5O2. The third-order valence-corrected chi connectivity index (χ3v) is 5.50. The quantitative estimate of drug-likeness (QED) is 0.530. The number of rotatable bonds is 9. The number of aliphatic imine (C=N–C) groups is 1. The SMILES string of the molecule is CCCCOC1(OCCCC)N=C(N)C2(C#N)C(c3ccccn3)C12C#N. The number of hydrogen-bond donors (Lipinski definition) is 1. The fourth-order valence-corrected chi connectivity index (χ4v) is 4.06. The summed E-state index contributed by atoms with van der Waals surface area (Å²) in [5, 5.41) is 20.3. The van der Waals surface area contributed by atoms with E-state index >= 15 is 0 Å². The van der Waals surface area contributed by atoms with Crippen molar-refractivity contribution in [2.75, 3.05) is 13.2 Å². The number of amidine groups is 1. The van der Waals surface area contributed by atoms with Crippen LogP contribution in [0, 0.1) is 33.5 Å². The molecule has 2 aliphatic rings. The zero-order valence-corrected chi connectivity index (χ0v) is 15.8. The van der Waals surface area contributed by atoms with Crippen molar-refractivity contribution in [2.45, 2.75) is 51.4 Å². The molecule has 1 saturated carbocycles. The monoisotopic (exact) mass is 367 g/mol. The Morgan fingerprint density at radius 2 is 1.78 bits per heavy atom. The van der Waals surface area contributed by atoms with Gasteiger partial charge in [-0.3, -0.25) is 4.98 Å². The zero-order valence-electron chi connectivity index (χ0n) is 15.8. The van der Waals surface area contributed by atoms with E-state index in [0.717, 1.165) is 25.7 Å². The van der Waals surface area contributed by atoms with E-state index < -0.39 is 22.7 Å². The summed E-state index contributed by atoms with van der Waals surface area (Å²) in [6, 6.07) is 10.0. The van der Waals surface area contributed by atoms with Crippen molar-refractivity contribution >= 4 is 5.84 Å². The Balaban J connectivity index is 2.08. The summed E-state index contributed by atoms with van der Waals surface area (Å²) in [5.74, 6) is -2.02. The predicted molar refractivity (Wildman–Crippen MR) is 99.1 cm³/mol. The van der Waals surface area contributed by atoms with Crippen molar-refractivity contribution in [3.8, 4) is 12.1 Å². The molecule has 27 heavy (non-hydrogen) atoms. The number of fused-ring (bicyclic) bond motifs is 1. The van der Waals surface area contributed by atoms with Crippen LogP contribution in [0.2, 0.25) is 0 Å². The molecule has 2 N–H and O–H groups in total. The van der Waals surface area contributed by atoms with Crippen LogP contribution in [0.15, 0.2) is 29.4 Å². The fraction of sp³-hybridized carbons (Fsp3) is 0.600. The highest BCUT2D eigenvalue weighted by Gasteiger charge is 2.94. The van der Waals surface area contributed by atoms with E-state index in [2.05, 4.69) is 22.1 Å². The molecule has 3 rings (SSSR count). The van der Waals surface area contributed by atoms with Gasteiger partial charge in [-0.2, -0.15) is 10.5 Å². The topological polar surface area (TPSA) is 117 Å². The summed E-state index contributed by atoms with van der Waals surface area (Å²) in [5.41, 5.74) is 4.23. The van der Waals surface area contributed by atoms with Gasteiger partial charge in [0, 0.05) is 11.9 Å². The van der Waals surface area contributed by atoms with E-state index in [9.17, 15) is 10.5 Å². The molecule has 0 saturated heterocycles. The summed E-state index contributed by atoms with van der Waals surface area (Å²) < 4.78 is 12.2. The Morgan fingerprint density at radius 1 is 1.11 bits per heavy atom. The minimum atomic E-state index is -1.58. The lowest BCUT2D eigenvalue weighted by molar-refractivity contribution is -0.260. The van der Waals surface area contributed by atoms with Crippen LogP contribution in [-0.4, -0.2) is 29.9 Å². The first-order valence-corrected chi connectivity index (χ1v) is 9.47. The van der Waals surface area contributed by atoms with Gasteiger partial charge in [0.05, 0.1) is 31.3 Å². The van der Waals surface area contributed by atoms with Crippen molar-refractivity contribution in [1.82, 2.24) is 4.98 Å². The van der Waals surface area contributed by atoms with Gasteiger partial charge in [0.2, 0.25) is 0 Å². The number of ether oxygens (including phenoxy) is 2. The van der Waals surface area contributed by atoms with Gasteiger partial charge in [-0.15, -0.1) is 0 Å². The van der Waals surface area contributed by atoms with E-state index in [0.29, 0.717) is 18.9 Å². The molecule has 1 aliphatic heterocycles. The standard InChI is InChI=1S/C20H25N5O2/c1-3-5-11-26-20(27-12-6-4-2)19(14-22)16(15-9-7-8-10-24-15)18(19,13-21)17(23)25-20/h7-10,16H,3-6,11-12H2,1-2H3,(H2,23,25). The van der Waals surface area contributed by atoms with Gasteiger partial charge in [0.1, 0.15) is 5.84 Å². The minimum Gasteiger partial charge on any atom is -0.386 e. The third kappa shape index (κ3) is 2.46. The molecule has 7 nitrogen and oxygen atoms in total. The van der Waals surface area contributed by atoms with Gasteiger partial charge in [0.15, 0.2) is 10.8 Å². The Hall–Kier alpha value is -2.48. The fourth-order valence-electron chi connectivity index (χ4n) is 4.06. The molecule has 1 aromatic heterocycles. The number of nitrogens with zero attached hydrogens (tertiary/aromatic N) is 4. The van der Waals surface area contributed by atoms with Crippen LogP contribution in [0.3, 0.4) is 0 Å². The number of nitriles is 2. The smallest absolute Gasteiger partial charge is 0.293 e. The van der Waals surface area contributed by atoms with Crippen LogP contribution in [0.25, 0.3) is 0 Å². The molecular weight excluding hydrogens is 342 g/mol. The highest BCUT2D eigenvalue weighted by molar-refractivity contribution is 6.00. The average molecular weight is 367 g/mol. The second-order valence-electron chi connectivity index (χ2n) is 7.01. The van der Waals surface area contributed by atoms with Crippen molar-refractivity contribution in [3.63, 3.8) is 0 Å². The average Bonchev–Trinajstić information content (AvgIpc) is 3.27. The number of unbranched alkanes of at least 4 members (excludes halogenated alkanes) is 2. The molecule has 1 aliphatic carbocycles. The molecule has 1 aromatic rings. The maximum Gasteiger partial charge on any atom is 0.293 e. The van der Waals surface area contributed by atoms with Gasteiger partial charge < -0.3 is 15.2 Å². The molecule has 0 aromatic carbocycles. The first-order valence-electron chi connectivity index (χ1n) is 9.47. The molecule has 0 radical (unpaired) electrons. The molecule has 1 fully saturated rings. The largest absolute Gasteiger partial charge is 0.386 e. The van der Waals surface area contributed by atoms with Gasteiger partial charge in [0.25, 0.3) is 5.91 Å². The number of aromatic nitrogens is 1. The molecule has 0 spiro atoms. The van der Waals surface area contributed by atoms with Gasteiger partial charge in [-0.1, -0.05) is 32.8 Å². The van der Waals surface area contributed by atoms with Crippen LogP contribution in [0.1, 0.15) is 51.1 Å². The maximum absolute atomic E-state index is 10.2. The molecule has 0 amide bonds. The third-order valence-electron chi connectivity index (χ3n) is 5.50. The summed E-state index contributed by atoms with van der Waals surface area (Å²) >= 11 is 0. The molecule has 3 unspecified atom stereocenters. The molecule has 0 bridgehead atoms. The highest BCUT2D eigenvalue weighted by atomic mass is 16.7. The summed E-state index contributed by atoms with van der Waals surface area (Å²) in [6.45, 7) is 4.85. The number of hydrogen-bond acceptors (Lipinski definition) is 7. The van der Waals surface area contributed by atoms with Gasteiger partial charge in [-0.05, 0) is 25.0 Å². The van der Waals surface area contributed by atoms with Crippen molar-refractivity contribution < 1.29 is 9.47 Å². The number of nitrogens with two attached hydrogens (primary N) is 1. The minimum absolute atomic E-state index is 0.0928. The normalized spacial score (nSPS) is 30.1. The lowest BCUT2D eigenvalue weighted by Crippen LogP contribution is -2.44. The molecule has 7 heteroatoms. The maximum atomic E-state index is 10.2. The Bertz CT molecular complexity index is 787. The van der Waals surface area contributed by atoms with Crippen LogP contribution in [0.5, 0.6) is 0 Å². The Labute approximate surface area is 159 Å². The van der Waals surface area contributed by atoms with E-state index in [1.165, 1.54) is 0 Å². The first kappa shape index (κ1) is 19.3. The Morgan fingerprint density at radius 3 is 2.26 bits per heavy atom. The van der Waals surface area contributed by atoms with Crippen LogP contribution < -0.4 is 5.73 Å². The summed E-state index contributed by atoms with van der Waals surface area (Å²) in [7, 11) is 0. The molecule has 3 atom stereocenters. The summed E-state index contributed by atoms with van der Waals surface area (Å²) in [4.78, 5) is 8.81. The van der Waals surface area contributed by atoms with Gasteiger partial charge in [-0.25, -0.2) is 4.99 Å². The predicted octanol–water partition coefficient (Wildman–Crippen LogP) is 2.86. The zero-order chi connectivity index (χ0) is 19.5. The Kier molecular flexibility index (Phi) is 5.19. The van der Waals surface area contributed by atoms with E-state index in [4.69, 9.17) is 15.2 Å². The molecule has 142 valence electrons. The lowest BCUT2D eigenvalue weighted by Gasteiger charge is -2.32. The van der Waals surface area contributed by atoms with Crippen LogP contribution in [-0.2, 0) is 9.47 Å². The van der Waals surface area contributed by atoms with Crippen LogP contribution >= 0.6 is 0 Å². The van der Waals surface area contributed by atoms with E-state index in [1.54, 1.807) is 18.3 Å². The highest BCUT2D eigenvalue weighted by Crippen LogP contribution is 2.81. The lowest BCUT2D eigenvalue weighted by atomic mass is 9.93.